The molecule has 124 valence electrons. The van der Waals surface area contributed by atoms with Crippen molar-refractivity contribution in [2.24, 2.45) is 0 Å². The maximum absolute atomic E-state index is 11.8. The van der Waals surface area contributed by atoms with Gasteiger partial charge >= 0.3 is 6.03 Å². The average Bonchev–Trinajstić information content (AvgIpc) is 2.93. The van der Waals surface area contributed by atoms with Crippen LogP contribution >= 0.6 is 11.3 Å². The highest BCUT2D eigenvalue weighted by Gasteiger charge is 2.07. The molecule has 0 atom stereocenters. The maximum atomic E-state index is 11.8. The van der Waals surface area contributed by atoms with Crippen molar-refractivity contribution in [2.75, 3.05) is 25.6 Å². The second-order valence-electron chi connectivity index (χ2n) is 4.84. The van der Waals surface area contributed by atoms with Gasteiger partial charge in [0.25, 0.3) is 0 Å². The molecule has 2 amide bonds. The van der Waals surface area contributed by atoms with Gasteiger partial charge in [-0.25, -0.2) is 9.78 Å². The van der Waals surface area contributed by atoms with Crippen LogP contribution in [0.4, 0.5) is 9.93 Å². The second kappa shape index (κ2) is 8.38. The number of methoxy groups -OCH3 is 1. The van der Waals surface area contributed by atoms with Gasteiger partial charge in [0.1, 0.15) is 0 Å². The molecule has 23 heavy (non-hydrogen) atoms. The normalized spacial score (nSPS) is 10.2. The highest BCUT2D eigenvalue weighted by molar-refractivity contribution is 7.13. The molecule has 2 aromatic rings. The molecule has 0 radical (unpaired) electrons. The topological polar surface area (TPSA) is 72.5 Å². The highest BCUT2D eigenvalue weighted by Crippen LogP contribution is 2.28. The quantitative estimate of drug-likeness (QED) is 0.815. The standard InChI is InChI=1S/C16H21N3O3S/c1-4-22-13-6-5-12(9-14(13)21-3)7-8-17-15(20)19-16-18-11(2)10-23-16/h5-6,9-10H,4,7-8H2,1-3H3,(H2,17,18,19,20). The molecule has 0 aliphatic rings. The van der Waals surface area contributed by atoms with Crippen molar-refractivity contribution in [3.8, 4) is 11.5 Å². The molecular weight excluding hydrogens is 314 g/mol. The zero-order chi connectivity index (χ0) is 16.7. The van der Waals surface area contributed by atoms with Crippen LogP contribution in [0.5, 0.6) is 11.5 Å². The zero-order valence-electron chi connectivity index (χ0n) is 13.5. The van der Waals surface area contributed by atoms with Gasteiger partial charge in [-0.15, -0.1) is 11.3 Å². The van der Waals surface area contributed by atoms with Crippen molar-refractivity contribution in [3.63, 3.8) is 0 Å². The first-order valence-corrected chi connectivity index (χ1v) is 8.27. The minimum Gasteiger partial charge on any atom is -0.493 e. The predicted molar refractivity (Wildman–Crippen MR) is 91.7 cm³/mol. The molecule has 0 unspecified atom stereocenters. The van der Waals surface area contributed by atoms with Gasteiger partial charge < -0.3 is 14.8 Å². The van der Waals surface area contributed by atoms with E-state index < -0.39 is 0 Å². The van der Waals surface area contributed by atoms with Crippen LogP contribution in [-0.4, -0.2) is 31.3 Å². The lowest BCUT2D eigenvalue weighted by Gasteiger charge is -2.11. The molecule has 1 heterocycles. The van der Waals surface area contributed by atoms with Crippen LogP contribution in [0, 0.1) is 6.92 Å². The number of aromatic nitrogens is 1. The van der Waals surface area contributed by atoms with E-state index in [1.54, 1.807) is 7.11 Å². The minimum atomic E-state index is -0.253. The van der Waals surface area contributed by atoms with Crippen molar-refractivity contribution in [3.05, 3.63) is 34.8 Å². The van der Waals surface area contributed by atoms with Crippen LogP contribution in [0.25, 0.3) is 0 Å². The van der Waals surface area contributed by atoms with Gasteiger partial charge in [-0.3, -0.25) is 5.32 Å². The summed E-state index contributed by atoms with van der Waals surface area (Å²) in [5, 5.41) is 8.01. The third-order valence-corrected chi connectivity index (χ3v) is 3.94. The van der Waals surface area contributed by atoms with E-state index in [-0.39, 0.29) is 6.03 Å². The van der Waals surface area contributed by atoms with Gasteiger partial charge in [0, 0.05) is 11.9 Å². The zero-order valence-corrected chi connectivity index (χ0v) is 14.3. The number of carbonyl (C=O) groups is 1. The molecule has 2 rings (SSSR count). The summed E-state index contributed by atoms with van der Waals surface area (Å²) >= 11 is 1.41. The Morgan fingerprint density at radius 1 is 1.35 bits per heavy atom. The molecule has 1 aromatic heterocycles. The molecule has 7 heteroatoms. The van der Waals surface area contributed by atoms with Crippen molar-refractivity contribution >= 4 is 22.5 Å². The third-order valence-electron chi connectivity index (χ3n) is 3.07. The molecule has 0 bridgehead atoms. The van der Waals surface area contributed by atoms with E-state index in [4.69, 9.17) is 9.47 Å². The lowest BCUT2D eigenvalue weighted by molar-refractivity contribution is 0.252. The van der Waals surface area contributed by atoms with E-state index in [9.17, 15) is 4.79 Å². The predicted octanol–water partition coefficient (Wildman–Crippen LogP) is 3.22. The molecule has 0 spiro atoms. The lowest BCUT2D eigenvalue weighted by Crippen LogP contribution is -2.30. The fraction of sp³-hybridized carbons (Fsp3) is 0.375. The number of anilines is 1. The summed E-state index contributed by atoms with van der Waals surface area (Å²) < 4.78 is 10.8. The lowest BCUT2D eigenvalue weighted by atomic mass is 10.1. The number of hydrogen-bond acceptors (Lipinski definition) is 5. The van der Waals surface area contributed by atoms with E-state index >= 15 is 0 Å². The van der Waals surface area contributed by atoms with Gasteiger partial charge in [0.15, 0.2) is 16.6 Å². The fourth-order valence-electron chi connectivity index (χ4n) is 2.02. The molecular formula is C16H21N3O3S. The number of carbonyl (C=O) groups excluding carboxylic acids is 1. The third kappa shape index (κ3) is 5.14. The SMILES string of the molecule is CCOc1ccc(CCNC(=O)Nc2nc(C)cs2)cc1OC. The summed E-state index contributed by atoms with van der Waals surface area (Å²) in [7, 11) is 1.61. The van der Waals surface area contributed by atoms with Crippen LogP contribution in [-0.2, 0) is 6.42 Å². The molecule has 0 fully saturated rings. The highest BCUT2D eigenvalue weighted by atomic mass is 32.1. The number of benzene rings is 1. The number of ether oxygens (including phenoxy) is 2. The van der Waals surface area contributed by atoms with Crippen LogP contribution < -0.4 is 20.1 Å². The maximum Gasteiger partial charge on any atom is 0.321 e. The van der Waals surface area contributed by atoms with Crippen LogP contribution in [0.15, 0.2) is 23.6 Å². The number of nitrogens with zero attached hydrogens (tertiary/aromatic N) is 1. The van der Waals surface area contributed by atoms with Gasteiger partial charge in [0.05, 0.1) is 19.4 Å². The molecule has 2 N–H and O–H groups in total. The Bertz CT molecular complexity index is 658. The Kier molecular flexibility index (Phi) is 6.22. The Morgan fingerprint density at radius 3 is 2.83 bits per heavy atom. The summed E-state index contributed by atoms with van der Waals surface area (Å²) in [4.78, 5) is 16.0. The molecule has 0 saturated carbocycles. The monoisotopic (exact) mass is 335 g/mol. The first-order valence-electron chi connectivity index (χ1n) is 7.39. The van der Waals surface area contributed by atoms with E-state index in [0.29, 0.717) is 30.5 Å². The van der Waals surface area contributed by atoms with Gasteiger partial charge in [-0.05, 0) is 38.0 Å². The number of hydrogen-bond donors (Lipinski definition) is 2. The van der Waals surface area contributed by atoms with Crippen molar-refractivity contribution < 1.29 is 14.3 Å². The summed E-state index contributed by atoms with van der Waals surface area (Å²) in [5.41, 5.74) is 1.96. The summed E-state index contributed by atoms with van der Waals surface area (Å²) in [6.45, 7) is 4.93. The van der Waals surface area contributed by atoms with E-state index in [2.05, 4.69) is 15.6 Å². The van der Waals surface area contributed by atoms with Crippen molar-refractivity contribution in [2.45, 2.75) is 20.3 Å². The smallest absolute Gasteiger partial charge is 0.321 e. The Hall–Kier alpha value is -2.28. The first-order chi connectivity index (χ1) is 11.1. The van der Waals surface area contributed by atoms with Gasteiger partial charge in [-0.2, -0.15) is 0 Å². The number of rotatable bonds is 7. The van der Waals surface area contributed by atoms with Crippen LogP contribution in [0.1, 0.15) is 18.2 Å². The molecule has 1 aromatic carbocycles. The summed E-state index contributed by atoms with van der Waals surface area (Å²) in [6, 6.07) is 5.53. The Labute approximate surface area is 139 Å². The Morgan fingerprint density at radius 2 is 2.17 bits per heavy atom. The van der Waals surface area contributed by atoms with Crippen LogP contribution in [0.3, 0.4) is 0 Å². The number of nitrogens with one attached hydrogen (secondary N) is 2. The molecule has 6 nitrogen and oxygen atoms in total. The number of urea groups is 1. The fourth-order valence-corrected chi connectivity index (χ4v) is 2.70. The number of aryl methyl sites for hydroxylation is 1. The van der Waals surface area contributed by atoms with E-state index in [1.165, 1.54) is 11.3 Å². The number of thiazole rings is 1. The molecule has 0 aliphatic carbocycles. The van der Waals surface area contributed by atoms with E-state index in [0.717, 1.165) is 17.0 Å². The Balaban J connectivity index is 1.82. The first kappa shape index (κ1) is 17.1. The van der Waals surface area contributed by atoms with Gasteiger partial charge in [0.2, 0.25) is 0 Å². The second-order valence-corrected chi connectivity index (χ2v) is 5.70. The molecule has 0 aliphatic heterocycles. The van der Waals surface area contributed by atoms with E-state index in [1.807, 2.05) is 37.4 Å². The molecule has 0 saturated heterocycles. The number of amides is 2. The van der Waals surface area contributed by atoms with Crippen molar-refractivity contribution in [1.29, 1.82) is 0 Å². The van der Waals surface area contributed by atoms with Crippen LogP contribution in [0.2, 0.25) is 0 Å². The average molecular weight is 335 g/mol. The summed E-state index contributed by atoms with van der Waals surface area (Å²) in [5.74, 6) is 1.43. The summed E-state index contributed by atoms with van der Waals surface area (Å²) in [6.07, 6.45) is 0.701. The van der Waals surface area contributed by atoms with Crippen molar-refractivity contribution in [1.82, 2.24) is 10.3 Å². The minimum absolute atomic E-state index is 0.253. The largest absolute Gasteiger partial charge is 0.493 e. The van der Waals surface area contributed by atoms with Gasteiger partial charge in [-0.1, -0.05) is 6.07 Å².